The monoisotopic (exact) mass is 450 g/mol. The van der Waals surface area contributed by atoms with Gasteiger partial charge in [-0.15, -0.1) is 0 Å². The van der Waals surface area contributed by atoms with E-state index in [4.69, 9.17) is 0 Å². The van der Waals surface area contributed by atoms with Crippen molar-refractivity contribution >= 4 is 5.78 Å². The van der Waals surface area contributed by atoms with Crippen molar-refractivity contribution in [3.63, 3.8) is 0 Å². The first-order valence-corrected chi connectivity index (χ1v) is 15.0. The second-order valence-electron chi connectivity index (χ2n) is 10.7. The molecule has 0 heterocycles. The van der Waals surface area contributed by atoms with E-state index < -0.39 is 6.10 Å². The van der Waals surface area contributed by atoms with Crippen molar-refractivity contribution in [3.05, 3.63) is 0 Å². The average Bonchev–Trinajstić information content (AvgIpc) is 2.80. The highest BCUT2D eigenvalue weighted by molar-refractivity contribution is 5.82. The SMILES string of the molecule is O=C1CCCCCCCCCCCCCCCCCCCCCCCCCCCCC1O. The Bertz CT molecular complexity index is 392. The van der Waals surface area contributed by atoms with Gasteiger partial charge in [-0.2, -0.15) is 0 Å². The molecule has 0 saturated heterocycles. The maximum absolute atomic E-state index is 12.1. The van der Waals surface area contributed by atoms with E-state index in [1.54, 1.807) is 0 Å². The van der Waals surface area contributed by atoms with Gasteiger partial charge in [-0.05, 0) is 12.8 Å². The van der Waals surface area contributed by atoms with Crippen molar-refractivity contribution in [3.8, 4) is 0 Å². The first-order valence-electron chi connectivity index (χ1n) is 15.0. The van der Waals surface area contributed by atoms with Crippen LogP contribution in [0.3, 0.4) is 0 Å². The van der Waals surface area contributed by atoms with Crippen LogP contribution >= 0.6 is 0 Å². The van der Waals surface area contributed by atoms with Crippen LogP contribution in [-0.4, -0.2) is 17.0 Å². The lowest BCUT2D eigenvalue weighted by Crippen LogP contribution is -2.19. The average molecular weight is 451 g/mol. The van der Waals surface area contributed by atoms with Crippen LogP contribution in [-0.2, 0) is 4.79 Å². The van der Waals surface area contributed by atoms with Gasteiger partial charge in [0.2, 0.25) is 0 Å². The molecule has 1 aliphatic carbocycles. The van der Waals surface area contributed by atoms with Gasteiger partial charge in [0.05, 0.1) is 0 Å². The Hall–Kier alpha value is -0.370. The van der Waals surface area contributed by atoms with Crippen LogP contribution in [0.15, 0.2) is 0 Å². The van der Waals surface area contributed by atoms with Gasteiger partial charge < -0.3 is 5.11 Å². The molecule has 0 aromatic carbocycles. The molecule has 0 radical (unpaired) electrons. The van der Waals surface area contributed by atoms with Crippen LogP contribution in [0.25, 0.3) is 0 Å². The van der Waals surface area contributed by atoms with Crippen LogP contribution in [0.5, 0.6) is 0 Å². The van der Waals surface area contributed by atoms with Gasteiger partial charge in [0.15, 0.2) is 5.78 Å². The summed E-state index contributed by atoms with van der Waals surface area (Å²) in [6, 6.07) is 0. The van der Waals surface area contributed by atoms with Crippen molar-refractivity contribution < 1.29 is 9.90 Å². The molecule has 0 aromatic heterocycles. The molecule has 190 valence electrons. The summed E-state index contributed by atoms with van der Waals surface area (Å²) in [5.74, 6) is 0.0876. The largest absolute Gasteiger partial charge is 0.385 e. The number of aliphatic hydroxyl groups is 1. The third-order valence-corrected chi connectivity index (χ3v) is 7.52. The summed E-state index contributed by atoms with van der Waals surface area (Å²) in [5, 5.41) is 10.1. The van der Waals surface area contributed by atoms with Crippen LogP contribution < -0.4 is 0 Å². The van der Waals surface area contributed by atoms with Crippen LogP contribution in [0.4, 0.5) is 0 Å². The molecular formula is C30H58O2. The standard InChI is InChI=1S/C30H58O2/c31-29-27-25-23-21-19-17-15-13-11-9-7-5-3-1-2-4-6-8-10-12-14-16-18-20-22-24-26-28-30(29)32/h29,31H,1-28H2. The molecule has 2 heteroatoms. The Morgan fingerprint density at radius 3 is 0.875 bits per heavy atom. The van der Waals surface area contributed by atoms with E-state index in [-0.39, 0.29) is 5.78 Å². The fourth-order valence-electron chi connectivity index (χ4n) is 5.21. The summed E-state index contributed by atoms with van der Waals surface area (Å²) in [6.45, 7) is 0. The zero-order valence-electron chi connectivity index (χ0n) is 21.7. The molecule has 0 amide bonds. The quantitative estimate of drug-likeness (QED) is 0.398. The number of aliphatic hydroxyl groups excluding tert-OH is 1. The van der Waals surface area contributed by atoms with E-state index in [2.05, 4.69) is 0 Å². The van der Waals surface area contributed by atoms with Crippen molar-refractivity contribution in [2.24, 2.45) is 0 Å². The van der Waals surface area contributed by atoms with Gasteiger partial charge in [-0.3, -0.25) is 4.79 Å². The predicted octanol–water partition coefficient (Wildman–Crippen LogP) is 9.85. The third kappa shape index (κ3) is 20.3. The summed E-state index contributed by atoms with van der Waals surface area (Å²) >= 11 is 0. The Kier molecular flexibility index (Phi) is 22.0. The molecule has 1 atom stereocenters. The molecule has 1 aliphatic rings. The summed E-state index contributed by atoms with van der Waals surface area (Å²) in [5.41, 5.74) is 0. The third-order valence-electron chi connectivity index (χ3n) is 7.52. The number of rotatable bonds is 0. The maximum Gasteiger partial charge on any atom is 0.161 e. The van der Waals surface area contributed by atoms with Crippen molar-refractivity contribution in [1.29, 1.82) is 0 Å². The molecule has 0 spiro atoms. The number of hydrogen-bond donors (Lipinski definition) is 1. The predicted molar refractivity (Wildman–Crippen MR) is 140 cm³/mol. The Morgan fingerprint density at radius 2 is 0.594 bits per heavy atom. The van der Waals surface area contributed by atoms with E-state index >= 15 is 0 Å². The first-order chi connectivity index (χ1) is 15.8. The lowest BCUT2D eigenvalue weighted by Gasteiger charge is -2.09. The van der Waals surface area contributed by atoms with Gasteiger partial charge in [0, 0.05) is 6.42 Å². The number of carbonyl (C=O) groups excluding carboxylic acids is 1. The second-order valence-corrected chi connectivity index (χ2v) is 10.7. The van der Waals surface area contributed by atoms with Crippen LogP contribution in [0.1, 0.15) is 180 Å². The lowest BCUT2D eigenvalue weighted by atomic mass is 10.00. The minimum Gasteiger partial charge on any atom is -0.385 e. The smallest absolute Gasteiger partial charge is 0.161 e. The normalized spacial score (nSPS) is 25.7. The number of Topliss-reactive ketones (excluding diaryl/α,β-unsaturated/α-hetero) is 1. The summed E-state index contributed by atoms with van der Waals surface area (Å²) in [7, 11) is 0. The highest BCUT2D eigenvalue weighted by Crippen LogP contribution is 2.17. The molecule has 0 bridgehead atoms. The first kappa shape index (κ1) is 29.7. The van der Waals surface area contributed by atoms with Crippen LogP contribution in [0.2, 0.25) is 0 Å². The summed E-state index contributed by atoms with van der Waals surface area (Å²) < 4.78 is 0. The molecule has 1 unspecified atom stereocenters. The van der Waals surface area contributed by atoms with E-state index in [9.17, 15) is 9.90 Å². The topological polar surface area (TPSA) is 37.3 Å². The van der Waals surface area contributed by atoms with Crippen molar-refractivity contribution in [2.75, 3.05) is 0 Å². The minimum absolute atomic E-state index is 0.0876. The molecule has 0 aromatic rings. The fourth-order valence-corrected chi connectivity index (χ4v) is 5.21. The molecule has 2 nitrogen and oxygen atoms in total. The van der Waals surface area contributed by atoms with E-state index in [0.29, 0.717) is 12.8 Å². The molecule has 1 rings (SSSR count). The van der Waals surface area contributed by atoms with Gasteiger partial charge in [0.25, 0.3) is 0 Å². The fraction of sp³-hybridized carbons (Fsp3) is 0.967. The Labute approximate surface area is 201 Å². The number of ketones is 1. The Balaban J connectivity index is 2.12. The van der Waals surface area contributed by atoms with Crippen molar-refractivity contribution in [1.82, 2.24) is 0 Å². The zero-order chi connectivity index (χ0) is 23.0. The Morgan fingerprint density at radius 1 is 0.375 bits per heavy atom. The van der Waals surface area contributed by atoms with Gasteiger partial charge in [0.1, 0.15) is 6.10 Å². The van der Waals surface area contributed by atoms with Gasteiger partial charge >= 0.3 is 0 Å². The highest BCUT2D eigenvalue weighted by atomic mass is 16.3. The van der Waals surface area contributed by atoms with E-state index in [1.165, 1.54) is 148 Å². The maximum atomic E-state index is 12.1. The zero-order valence-corrected chi connectivity index (χ0v) is 21.7. The second kappa shape index (κ2) is 23.8. The van der Waals surface area contributed by atoms with Gasteiger partial charge in [-0.1, -0.05) is 161 Å². The number of carbonyl (C=O) groups is 1. The highest BCUT2D eigenvalue weighted by Gasteiger charge is 2.13. The number of hydrogen-bond acceptors (Lipinski definition) is 2. The minimum atomic E-state index is -0.699. The van der Waals surface area contributed by atoms with Crippen LogP contribution in [0, 0.1) is 0 Å². The molecule has 1 saturated carbocycles. The summed E-state index contributed by atoms with van der Waals surface area (Å²) in [6.07, 6.45) is 35.7. The van der Waals surface area contributed by atoms with Gasteiger partial charge in [-0.25, -0.2) is 0 Å². The van der Waals surface area contributed by atoms with E-state index in [1.807, 2.05) is 0 Å². The molecule has 0 aliphatic heterocycles. The molecule has 32 heavy (non-hydrogen) atoms. The molecule has 1 N–H and O–H groups in total. The molecular weight excluding hydrogens is 392 g/mol. The van der Waals surface area contributed by atoms with Crippen molar-refractivity contribution in [2.45, 2.75) is 186 Å². The molecule has 1 fully saturated rings. The van der Waals surface area contributed by atoms with E-state index in [0.717, 1.165) is 19.3 Å². The summed E-state index contributed by atoms with van der Waals surface area (Å²) in [4.78, 5) is 12.1. The lowest BCUT2D eigenvalue weighted by molar-refractivity contribution is -0.127.